The van der Waals surface area contributed by atoms with Crippen LogP contribution >= 0.6 is 0 Å². The van der Waals surface area contributed by atoms with Crippen LogP contribution in [0.25, 0.3) is 0 Å². The molecule has 0 radical (unpaired) electrons. The zero-order valence-corrected chi connectivity index (χ0v) is 13.8. The van der Waals surface area contributed by atoms with Crippen LogP contribution in [0, 0.1) is 17.0 Å². The molecule has 128 valence electrons. The monoisotopic (exact) mass is 334 g/mol. The molecule has 0 aliphatic carbocycles. The molecule has 1 atom stereocenters. The molecule has 0 saturated heterocycles. The van der Waals surface area contributed by atoms with E-state index in [9.17, 15) is 14.9 Å². The number of aryl methyl sites for hydroxylation is 2. The molecule has 10 nitrogen and oxygen atoms in total. The Bertz CT molecular complexity index is 773. The summed E-state index contributed by atoms with van der Waals surface area (Å²) in [5, 5.41) is 22.1. The predicted molar refractivity (Wildman–Crippen MR) is 84.9 cm³/mol. The molecule has 24 heavy (non-hydrogen) atoms. The van der Waals surface area contributed by atoms with Gasteiger partial charge in [0.15, 0.2) is 0 Å². The summed E-state index contributed by atoms with van der Waals surface area (Å²) in [4.78, 5) is 26.7. The number of pyridine rings is 1. The van der Waals surface area contributed by atoms with E-state index in [1.165, 1.54) is 13.2 Å². The molecule has 2 rings (SSSR count). The largest absolute Gasteiger partial charge is 0.465 e. The van der Waals surface area contributed by atoms with Crippen molar-refractivity contribution in [1.82, 2.24) is 19.7 Å². The number of anilines is 1. The van der Waals surface area contributed by atoms with Crippen molar-refractivity contribution in [2.45, 2.75) is 19.8 Å². The predicted octanol–water partition coefficient (Wildman–Crippen LogP) is 1.43. The van der Waals surface area contributed by atoms with Gasteiger partial charge in [-0.05, 0) is 13.0 Å². The SMILES string of the molecule is COC(=O)c1cc(C)nc(NC[C@H](C)c2nncn2C)c1[N+](=O)[O-]. The summed E-state index contributed by atoms with van der Waals surface area (Å²) >= 11 is 0. The summed E-state index contributed by atoms with van der Waals surface area (Å²) in [5.74, 6) is -0.0991. The second-order valence-electron chi connectivity index (χ2n) is 5.34. The van der Waals surface area contributed by atoms with Crippen molar-refractivity contribution < 1.29 is 14.5 Å². The third-order valence-electron chi connectivity index (χ3n) is 3.47. The number of rotatable bonds is 6. The molecule has 2 aromatic rings. The van der Waals surface area contributed by atoms with Gasteiger partial charge in [0, 0.05) is 25.2 Å². The minimum Gasteiger partial charge on any atom is -0.465 e. The number of esters is 1. The molecule has 10 heteroatoms. The van der Waals surface area contributed by atoms with E-state index in [-0.39, 0.29) is 17.3 Å². The van der Waals surface area contributed by atoms with Gasteiger partial charge in [0.1, 0.15) is 17.7 Å². The average molecular weight is 334 g/mol. The van der Waals surface area contributed by atoms with Crippen LogP contribution < -0.4 is 5.32 Å². The molecule has 0 unspecified atom stereocenters. The lowest BCUT2D eigenvalue weighted by Gasteiger charge is -2.13. The fraction of sp³-hybridized carbons (Fsp3) is 0.429. The Kier molecular flexibility index (Phi) is 5.07. The van der Waals surface area contributed by atoms with Crippen LogP contribution in [0.3, 0.4) is 0 Å². The molecular formula is C14H18N6O4. The fourth-order valence-corrected chi connectivity index (χ4v) is 2.32. The molecular weight excluding hydrogens is 316 g/mol. The van der Waals surface area contributed by atoms with E-state index in [1.807, 2.05) is 14.0 Å². The number of nitrogens with one attached hydrogen (secondary N) is 1. The Hall–Kier alpha value is -3.04. The zero-order chi connectivity index (χ0) is 17.9. The Balaban J connectivity index is 2.32. The maximum absolute atomic E-state index is 11.8. The van der Waals surface area contributed by atoms with Crippen LogP contribution in [0.5, 0.6) is 0 Å². The minimum absolute atomic E-state index is 0.0226. The Morgan fingerprint density at radius 3 is 2.79 bits per heavy atom. The van der Waals surface area contributed by atoms with Gasteiger partial charge >= 0.3 is 11.7 Å². The highest BCUT2D eigenvalue weighted by atomic mass is 16.6. The molecule has 0 aliphatic heterocycles. The van der Waals surface area contributed by atoms with Crippen molar-refractivity contribution in [2.75, 3.05) is 19.0 Å². The first-order chi connectivity index (χ1) is 11.3. The highest BCUT2D eigenvalue weighted by Crippen LogP contribution is 2.29. The smallest absolute Gasteiger partial charge is 0.345 e. The van der Waals surface area contributed by atoms with Crippen LogP contribution in [0.15, 0.2) is 12.4 Å². The number of carbonyl (C=O) groups is 1. The molecule has 0 aromatic carbocycles. The summed E-state index contributed by atoms with van der Waals surface area (Å²) in [7, 11) is 2.99. The lowest BCUT2D eigenvalue weighted by atomic mass is 10.1. The Labute approximate surface area is 138 Å². The van der Waals surface area contributed by atoms with E-state index >= 15 is 0 Å². The number of aromatic nitrogens is 4. The van der Waals surface area contributed by atoms with E-state index in [0.29, 0.717) is 12.2 Å². The first-order valence-corrected chi connectivity index (χ1v) is 7.17. The van der Waals surface area contributed by atoms with Crippen molar-refractivity contribution in [3.05, 3.63) is 39.6 Å². The van der Waals surface area contributed by atoms with Crippen molar-refractivity contribution >= 4 is 17.5 Å². The number of hydrogen-bond acceptors (Lipinski definition) is 8. The van der Waals surface area contributed by atoms with E-state index in [2.05, 4.69) is 25.2 Å². The second kappa shape index (κ2) is 7.02. The normalized spacial score (nSPS) is 11.8. The van der Waals surface area contributed by atoms with Crippen molar-refractivity contribution in [3.8, 4) is 0 Å². The molecule has 0 aliphatic rings. The average Bonchev–Trinajstić information content (AvgIpc) is 2.96. The van der Waals surface area contributed by atoms with Gasteiger partial charge in [-0.25, -0.2) is 9.78 Å². The second-order valence-corrected chi connectivity index (χ2v) is 5.34. The van der Waals surface area contributed by atoms with E-state index in [1.54, 1.807) is 17.8 Å². The summed E-state index contributed by atoms with van der Waals surface area (Å²) in [6.07, 6.45) is 1.58. The van der Waals surface area contributed by atoms with Crippen LogP contribution in [0.4, 0.5) is 11.5 Å². The van der Waals surface area contributed by atoms with Gasteiger partial charge in [-0.2, -0.15) is 0 Å². The number of methoxy groups -OCH3 is 1. The molecule has 0 spiro atoms. The fourth-order valence-electron chi connectivity index (χ4n) is 2.32. The van der Waals surface area contributed by atoms with Gasteiger partial charge in [-0.1, -0.05) is 6.92 Å². The number of ether oxygens (including phenoxy) is 1. The number of nitrogens with zero attached hydrogens (tertiary/aromatic N) is 5. The summed E-state index contributed by atoms with van der Waals surface area (Å²) < 4.78 is 6.38. The molecule has 1 N–H and O–H groups in total. The quantitative estimate of drug-likeness (QED) is 0.478. The highest BCUT2D eigenvalue weighted by Gasteiger charge is 2.28. The number of carbonyl (C=O) groups excluding carboxylic acids is 1. The molecule has 2 heterocycles. The Morgan fingerprint density at radius 1 is 1.54 bits per heavy atom. The third kappa shape index (κ3) is 3.47. The van der Waals surface area contributed by atoms with Crippen LogP contribution in [-0.4, -0.2) is 44.3 Å². The molecule has 0 fully saturated rings. The van der Waals surface area contributed by atoms with E-state index in [0.717, 1.165) is 5.82 Å². The first-order valence-electron chi connectivity index (χ1n) is 7.17. The lowest BCUT2D eigenvalue weighted by Crippen LogP contribution is -2.17. The number of hydrogen-bond donors (Lipinski definition) is 1. The highest BCUT2D eigenvalue weighted by molar-refractivity contribution is 5.96. The van der Waals surface area contributed by atoms with Gasteiger partial charge in [0.05, 0.1) is 12.0 Å². The molecule has 2 aromatic heterocycles. The summed E-state index contributed by atoms with van der Waals surface area (Å²) in [5.41, 5.74) is -0.0729. The summed E-state index contributed by atoms with van der Waals surface area (Å²) in [6.45, 7) is 3.89. The zero-order valence-electron chi connectivity index (χ0n) is 13.8. The van der Waals surface area contributed by atoms with Gasteiger partial charge in [0.25, 0.3) is 0 Å². The molecule has 0 amide bonds. The standard InChI is InChI=1S/C14H18N6O4/c1-8(13-18-16-7-19(13)3)6-15-12-11(20(22)23)10(14(21)24-4)5-9(2)17-12/h5,7-8H,6H2,1-4H3,(H,15,17)/t8-/m0/s1. The van der Waals surface area contributed by atoms with Crippen LogP contribution in [-0.2, 0) is 11.8 Å². The van der Waals surface area contributed by atoms with E-state index in [4.69, 9.17) is 0 Å². The van der Waals surface area contributed by atoms with Crippen molar-refractivity contribution in [3.63, 3.8) is 0 Å². The van der Waals surface area contributed by atoms with Crippen molar-refractivity contribution in [1.29, 1.82) is 0 Å². The molecule has 0 bridgehead atoms. The van der Waals surface area contributed by atoms with Gasteiger partial charge in [-0.15, -0.1) is 10.2 Å². The number of nitro groups is 1. The first kappa shape index (κ1) is 17.3. The van der Waals surface area contributed by atoms with Crippen LogP contribution in [0.1, 0.15) is 34.7 Å². The topological polar surface area (TPSA) is 125 Å². The minimum atomic E-state index is -0.781. The third-order valence-corrected chi connectivity index (χ3v) is 3.47. The summed E-state index contributed by atoms with van der Waals surface area (Å²) in [6, 6.07) is 1.33. The van der Waals surface area contributed by atoms with Gasteiger partial charge in [0.2, 0.25) is 5.82 Å². The van der Waals surface area contributed by atoms with E-state index < -0.39 is 16.6 Å². The van der Waals surface area contributed by atoms with Crippen LogP contribution in [0.2, 0.25) is 0 Å². The Morgan fingerprint density at radius 2 is 2.25 bits per heavy atom. The molecule has 0 saturated carbocycles. The van der Waals surface area contributed by atoms with Gasteiger partial charge < -0.3 is 14.6 Å². The maximum Gasteiger partial charge on any atom is 0.345 e. The lowest BCUT2D eigenvalue weighted by molar-refractivity contribution is -0.384. The van der Waals surface area contributed by atoms with Gasteiger partial charge in [-0.3, -0.25) is 10.1 Å². The van der Waals surface area contributed by atoms with Crippen molar-refractivity contribution in [2.24, 2.45) is 7.05 Å². The maximum atomic E-state index is 11.8.